The Kier molecular flexibility index (Phi) is 17.0. The van der Waals surface area contributed by atoms with Crippen molar-refractivity contribution in [2.45, 2.75) is 114 Å². The standard InChI is InChI=1S/C43H55N7O13/c1-5-27(47-36-28-14-9-10-15-29(28)48-30-16-11-17-32(35(30)36)50(58)59)22-60-34(53)19-18-31(40(44)55)49-41(56)23(2)45-42(57)24(3)62-39-37(46-25(4)52)43(63-33(20-51)38(39)54)61-21-26-12-7-6-8-13-26/h6-17,23-24,27,31,33,36-39,43,47-48,51,54H,5,18-22H2,1-4H3,(H2,44,55)(H,45,57)(H,46,52)(H,49,56)/t23?,24?,27?,31-,33?,36?,37?,38?,39?,43?/m1/s1. The number of aliphatic hydroxyl groups excluding tert-OH is 2. The van der Waals surface area contributed by atoms with Crippen LogP contribution in [0.4, 0.5) is 17.1 Å². The molecule has 2 aliphatic rings. The van der Waals surface area contributed by atoms with Crippen LogP contribution in [0.1, 0.15) is 69.7 Å². The number of nitro benzene ring substituents is 1. The number of carbonyl (C=O) groups is 5. The molecule has 0 bridgehead atoms. The number of esters is 1. The zero-order valence-corrected chi connectivity index (χ0v) is 35.4. The molecule has 20 heteroatoms. The lowest BCUT2D eigenvalue weighted by molar-refractivity contribution is -0.385. The third kappa shape index (κ3) is 12.6. The zero-order chi connectivity index (χ0) is 45.8. The largest absolute Gasteiger partial charge is 0.464 e. The van der Waals surface area contributed by atoms with Gasteiger partial charge in [-0.1, -0.05) is 61.5 Å². The summed E-state index contributed by atoms with van der Waals surface area (Å²) in [7, 11) is 0. The number of nitrogens with zero attached hydrogens (tertiary/aromatic N) is 1. The van der Waals surface area contributed by atoms with Gasteiger partial charge in [-0.3, -0.25) is 39.4 Å². The van der Waals surface area contributed by atoms with Crippen molar-refractivity contribution >= 4 is 46.7 Å². The molecule has 2 heterocycles. The third-order valence-corrected chi connectivity index (χ3v) is 10.7. The zero-order valence-electron chi connectivity index (χ0n) is 35.4. The van der Waals surface area contributed by atoms with Gasteiger partial charge < -0.3 is 56.2 Å². The molecule has 1 saturated heterocycles. The minimum atomic E-state index is -1.51. The molecule has 0 saturated carbocycles. The average Bonchev–Trinajstić information content (AvgIpc) is 3.26. The molecule has 0 aromatic heterocycles. The van der Waals surface area contributed by atoms with Crippen LogP contribution in [0, 0.1) is 10.1 Å². The summed E-state index contributed by atoms with van der Waals surface area (Å²) in [5, 5.41) is 47.3. The molecule has 10 atom stereocenters. The minimum Gasteiger partial charge on any atom is -0.464 e. The Morgan fingerprint density at radius 2 is 1.67 bits per heavy atom. The number of para-hydroxylation sites is 1. The van der Waals surface area contributed by atoms with Crippen LogP contribution in [0.3, 0.4) is 0 Å². The molecule has 9 N–H and O–H groups in total. The minimum absolute atomic E-state index is 0.0514. The van der Waals surface area contributed by atoms with E-state index in [1.165, 1.54) is 26.8 Å². The number of nitrogens with two attached hydrogens (primary N) is 1. The predicted molar refractivity (Wildman–Crippen MR) is 226 cm³/mol. The van der Waals surface area contributed by atoms with Crippen molar-refractivity contribution < 1.29 is 58.1 Å². The number of primary amides is 1. The molecule has 5 rings (SSSR count). The van der Waals surface area contributed by atoms with Crippen LogP contribution < -0.4 is 32.3 Å². The Morgan fingerprint density at radius 3 is 2.33 bits per heavy atom. The van der Waals surface area contributed by atoms with Crippen LogP contribution in [0.2, 0.25) is 0 Å². The first-order valence-corrected chi connectivity index (χ1v) is 20.6. The van der Waals surface area contributed by atoms with Gasteiger partial charge in [-0.15, -0.1) is 0 Å². The van der Waals surface area contributed by atoms with E-state index in [0.29, 0.717) is 17.7 Å². The molecule has 0 spiro atoms. The fourth-order valence-electron chi connectivity index (χ4n) is 7.30. The van der Waals surface area contributed by atoms with Gasteiger partial charge >= 0.3 is 5.97 Å². The highest BCUT2D eigenvalue weighted by Gasteiger charge is 2.48. The maximum atomic E-state index is 13.3. The Morgan fingerprint density at radius 1 is 0.968 bits per heavy atom. The van der Waals surface area contributed by atoms with Crippen molar-refractivity contribution in [3.8, 4) is 0 Å². The first-order valence-electron chi connectivity index (χ1n) is 20.6. The van der Waals surface area contributed by atoms with Crippen molar-refractivity contribution in [3.63, 3.8) is 0 Å². The van der Waals surface area contributed by atoms with Crippen molar-refractivity contribution in [3.05, 3.63) is 99.6 Å². The number of rotatable bonds is 21. The summed E-state index contributed by atoms with van der Waals surface area (Å²) in [6.45, 7) is 5.11. The molecular formula is C43H55N7O13. The average molecular weight is 878 g/mol. The lowest BCUT2D eigenvalue weighted by Gasteiger charge is -2.44. The molecular weight excluding hydrogens is 823 g/mol. The fourth-order valence-corrected chi connectivity index (χ4v) is 7.30. The van der Waals surface area contributed by atoms with Crippen LogP contribution in [0.25, 0.3) is 0 Å². The predicted octanol–water partition coefficient (Wildman–Crippen LogP) is 1.48. The summed E-state index contributed by atoms with van der Waals surface area (Å²) in [4.78, 5) is 75.6. The van der Waals surface area contributed by atoms with E-state index < -0.39 is 102 Å². The first-order chi connectivity index (χ1) is 30.1. The number of ether oxygens (including phenoxy) is 4. The number of amides is 4. The van der Waals surface area contributed by atoms with Gasteiger partial charge in [-0.25, -0.2) is 0 Å². The third-order valence-electron chi connectivity index (χ3n) is 10.7. The van der Waals surface area contributed by atoms with E-state index in [0.717, 1.165) is 16.8 Å². The highest BCUT2D eigenvalue weighted by molar-refractivity contribution is 5.92. The number of hydrogen-bond donors (Lipinski definition) is 8. The van der Waals surface area contributed by atoms with Gasteiger partial charge in [-0.05, 0) is 49.9 Å². The molecule has 0 radical (unpaired) electrons. The van der Waals surface area contributed by atoms with Crippen molar-refractivity contribution in [2.75, 3.05) is 18.5 Å². The number of aliphatic hydroxyl groups is 2. The topological polar surface area (TPSA) is 292 Å². The van der Waals surface area contributed by atoms with Gasteiger partial charge in [-0.2, -0.15) is 0 Å². The molecule has 1 fully saturated rings. The second kappa shape index (κ2) is 22.4. The summed E-state index contributed by atoms with van der Waals surface area (Å²) in [5.74, 6) is -3.75. The van der Waals surface area contributed by atoms with Crippen molar-refractivity contribution in [1.29, 1.82) is 0 Å². The van der Waals surface area contributed by atoms with E-state index >= 15 is 0 Å². The van der Waals surface area contributed by atoms with Gasteiger partial charge in [0.15, 0.2) is 6.29 Å². The summed E-state index contributed by atoms with van der Waals surface area (Å²) in [6, 6.07) is 16.5. The van der Waals surface area contributed by atoms with Crippen LogP contribution >= 0.6 is 0 Å². The number of nitrogens with one attached hydrogen (secondary N) is 5. The monoisotopic (exact) mass is 877 g/mol. The van der Waals surface area contributed by atoms with E-state index in [2.05, 4.69) is 26.6 Å². The van der Waals surface area contributed by atoms with Crippen LogP contribution in [-0.2, 0) is 49.5 Å². The number of nitro groups is 1. The molecule has 340 valence electrons. The number of hydrogen-bond acceptors (Lipinski definition) is 15. The number of carbonyl (C=O) groups excluding carboxylic acids is 5. The summed E-state index contributed by atoms with van der Waals surface area (Å²) < 4.78 is 23.2. The maximum absolute atomic E-state index is 13.3. The highest BCUT2D eigenvalue weighted by atomic mass is 16.7. The van der Waals surface area contributed by atoms with Gasteiger partial charge in [0, 0.05) is 31.1 Å². The van der Waals surface area contributed by atoms with Gasteiger partial charge in [0.05, 0.1) is 35.4 Å². The van der Waals surface area contributed by atoms with Crippen LogP contribution in [-0.4, -0.2) is 113 Å². The summed E-state index contributed by atoms with van der Waals surface area (Å²) >= 11 is 0. The van der Waals surface area contributed by atoms with Crippen LogP contribution in [0.5, 0.6) is 0 Å². The second-order valence-electron chi connectivity index (χ2n) is 15.3. The summed E-state index contributed by atoms with van der Waals surface area (Å²) in [5.41, 5.74) is 8.84. The van der Waals surface area contributed by atoms with E-state index in [1.807, 2.05) is 61.5 Å². The second-order valence-corrected chi connectivity index (χ2v) is 15.3. The SMILES string of the molecule is CCC(COC(=O)CC[C@@H](NC(=O)C(C)NC(=O)C(C)OC1C(O)C(CO)OC(OCc2ccccc2)C1NC(C)=O)C(N)=O)NC1c2ccccc2Nc2cccc([N+](=O)[O-])c21. The Hall–Kier alpha value is -6.03. The Balaban J connectivity index is 1.14. The lowest BCUT2D eigenvalue weighted by Crippen LogP contribution is -2.66. The quantitative estimate of drug-likeness (QED) is 0.0427. The molecule has 2 aliphatic heterocycles. The highest BCUT2D eigenvalue weighted by Crippen LogP contribution is 2.44. The lowest BCUT2D eigenvalue weighted by atomic mass is 9.90. The number of anilines is 2. The number of fused-ring (bicyclic) bond motifs is 2. The van der Waals surface area contributed by atoms with E-state index in [9.17, 15) is 44.3 Å². The Bertz CT molecular complexity index is 2090. The van der Waals surface area contributed by atoms with Crippen molar-refractivity contribution in [1.82, 2.24) is 21.3 Å². The molecule has 0 aliphatic carbocycles. The number of benzene rings is 3. The van der Waals surface area contributed by atoms with Crippen LogP contribution in [0.15, 0.2) is 72.8 Å². The van der Waals surface area contributed by atoms with Crippen molar-refractivity contribution in [2.24, 2.45) is 5.73 Å². The molecule has 20 nitrogen and oxygen atoms in total. The summed E-state index contributed by atoms with van der Waals surface area (Å²) in [6.07, 6.45) is -6.61. The first kappa shape index (κ1) is 48.0. The molecule has 63 heavy (non-hydrogen) atoms. The smallest absolute Gasteiger partial charge is 0.305 e. The maximum Gasteiger partial charge on any atom is 0.305 e. The van der Waals surface area contributed by atoms with E-state index in [4.69, 9.17) is 24.7 Å². The van der Waals surface area contributed by atoms with E-state index in [-0.39, 0.29) is 31.7 Å². The molecule has 3 aromatic carbocycles. The molecule has 3 aromatic rings. The van der Waals surface area contributed by atoms with Gasteiger partial charge in [0.25, 0.3) is 5.69 Å². The Labute approximate surface area is 363 Å². The van der Waals surface area contributed by atoms with Gasteiger partial charge in [0.2, 0.25) is 23.6 Å². The van der Waals surface area contributed by atoms with E-state index in [1.54, 1.807) is 12.1 Å². The fraction of sp³-hybridized carbons (Fsp3) is 0.465. The van der Waals surface area contributed by atoms with Gasteiger partial charge in [0.1, 0.15) is 49.1 Å². The normalized spacial score (nSPS) is 22.1. The molecule has 9 unspecified atom stereocenters. The molecule has 4 amide bonds.